The zero-order valence-electron chi connectivity index (χ0n) is 21.6. The Morgan fingerprint density at radius 3 is 2.13 bits per heavy atom. The summed E-state index contributed by atoms with van der Waals surface area (Å²) in [6.07, 6.45) is 4.60. The van der Waals surface area contributed by atoms with Crippen molar-refractivity contribution in [1.82, 2.24) is 4.90 Å². The smallest absolute Gasteiger partial charge is 0.328 e. The highest BCUT2D eigenvalue weighted by molar-refractivity contribution is 5.89. The normalized spacial score (nSPS) is 16.6. The summed E-state index contributed by atoms with van der Waals surface area (Å²) in [6.45, 7) is 3.46. The largest absolute Gasteiger partial charge is 0.478 e. The molecule has 0 saturated carbocycles. The number of ether oxygens (including phenoxy) is 3. The first-order valence-electron chi connectivity index (χ1n) is 13.0. The molecule has 0 aromatic heterocycles. The summed E-state index contributed by atoms with van der Waals surface area (Å²) in [5, 5.41) is 15.6. The minimum absolute atomic E-state index is 0.0267. The average molecular weight is 532 g/mol. The lowest BCUT2D eigenvalue weighted by Gasteiger charge is -2.35. The highest BCUT2D eigenvalue weighted by atomic mass is 16.7. The number of nitrogens with zero attached hydrogens (tertiary/aromatic N) is 1. The molecule has 1 fully saturated rings. The lowest BCUT2D eigenvalue weighted by atomic mass is 10.00. The maximum atomic E-state index is 9.55. The van der Waals surface area contributed by atoms with Gasteiger partial charge in [-0.25, -0.2) is 9.59 Å². The van der Waals surface area contributed by atoms with E-state index in [9.17, 15) is 9.59 Å². The second-order valence-corrected chi connectivity index (χ2v) is 9.35. The molecule has 2 aliphatic rings. The van der Waals surface area contributed by atoms with Crippen LogP contribution < -0.4 is 9.47 Å². The van der Waals surface area contributed by atoms with Gasteiger partial charge < -0.3 is 29.3 Å². The molecule has 0 bridgehead atoms. The summed E-state index contributed by atoms with van der Waals surface area (Å²) in [7, 11) is 0. The first-order valence-corrected chi connectivity index (χ1v) is 13.0. The highest BCUT2D eigenvalue weighted by Crippen LogP contribution is 2.33. The summed E-state index contributed by atoms with van der Waals surface area (Å²) in [5.74, 6) is -0.797. The van der Waals surface area contributed by atoms with Crippen molar-refractivity contribution >= 4 is 11.9 Å². The number of piperidine rings is 1. The number of rotatable bonds is 9. The Morgan fingerprint density at radius 1 is 0.897 bits per heavy atom. The van der Waals surface area contributed by atoms with Crippen molar-refractivity contribution < 1.29 is 34.0 Å². The Kier molecular flexibility index (Phi) is 10.1. The Bertz CT molecular complexity index is 1190. The topological polar surface area (TPSA) is 106 Å². The maximum Gasteiger partial charge on any atom is 0.328 e. The van der Waals surface area contributed by atoms with E-state index in [1.807, 2.05) is 6.07 Å². The molecule has 1 atom stereocenters. The molecular formula is C31H33NO7. The third kappa shape index (κ3) is 8.70. The summed E-state index contributed by atoms with van der Waals surface area (Å²) >= 11 is 0. The Hall–Kier alpha value is -4.14. The Labute approximate surface area is 228 Å². The van der Waals surface area contributed by atoms with Crippen LogP contribution in [0.3, 0.4) is 0 Å². The molecule has 0 unspecified atom stereocenters. The number of benzene rings is 3. The van der Waals surface area contributed by atoms with Gasteiger partial charge in [0.2, 0.25) is 6.79 Å². The molecule has 2 N–H and O–H groups in total. The molecule has 3 aromatic carbocycles. The second kappa shape index (κ2) is 14.1. The molecule has 204 valence electrons. The quantitative estimate of drug-likeness (QED) is 0.374. The van der Waals surface area contributed by atoms with Gasteiger partial charge in [-0.15, -0.1) is 0 Å². The molecule has 8 heteroatoms. The number of fused-ring (bicyclic) bond motifs is 1. The molecule has 8 nitrogen and oxygen atoms in total. The van der Waals surface area contributed by atoms with Crippen molar-refractivity contribution in [3.63, 3.8) is 0 Å². The number of carbonyl (C=O) groups is 2. The zero-order valence-corrected chi connectivity index (χ0v) is 21.6. The number of carboxylic acid groups (broad SMARTS) is 2. The predicted octanol–water partition coefficient (Wildman–Crippen LogP) is 4.94. The maximum absolute atomic E-state index is 9.55. The fourth-order valence-corrected chi connectivity index (χ4v) is 4.65. The summed E-state index contributed by atoms with van der Waals surface area (Å²) in [4.78, 5) is 21.6. The minimum Gasteiger partial charge on any atom is -0.478 e. The standard InChI is InChI=1S/C27H29NO3.C4H4O4/c1-3-8-22(9-4-1)27(23-10-5-2-6-11-23)31-24-12-7-16-28(19-24)17-15-21-13-14-25-26(18-21)30-20-29-25;5-3(6)1-2-4(7)8/h1-6,8-11,13-14,18,24,27H,7,12,15-17,19-20H2;1-2H,(H,5,6)(H,7,8)/t24-;/m1./s1. The van der Waals surface area contributed by atoms with Crippen molar-refractivity contribution in [2.24, 2.45) is 0 Å². The van der Waals surface area contributed by atoms with Gasteiger partial charge >= 0.3 is 11.9 Å². The third-order valence-electron chi connectivity index (χ3n) is 6.52. The van der Waals surface area contributed by atoms with E-state index in [0.29, 0.717) is 18.9 Å². The molecule has 0 aliphatic carbocycles. The SMILES string of the molecule is O=C(O)C=CC(=O)O.c1ccc(C(O[C@@H]2CCCN(CCc3ccc4c(c3)OCO4)C2)c2ccccc2)cc1. The summed E-state index contributed by atoms with van der Waals surface area (Å²) in [6, 6.07) is 27.4. The van der Waals surface area contributed by atoms with Gasteiger partial charge in [0.1, 0.15) is 6.10 Å². The summed E-state index contributed by atoms with van der Waals surface area (Å²) in [5.41, 5.74) is 3.72. The van der Waals surface area contributed by atoms with Gasteiger partial charge in [0.25, 0.3) is 0 Å². The molecule has 5 rings (SSSR count). The Balaban J connectivity index is 0.000000386. The molecule has 1 saturated heterocycles. The van der Waals surface area contributed by atoms with E-state index in [1.165, 1.54) is 23.1 Å². The predicted molar refractivity (Wildman–Crippen MR) is 146 cm³/mol. The molecule has 2 heterocycles. The van der Waals surface area contributed by atoms with E-state index < -0.39 is 11.9 Å². The van der Waals surface area contributed by atoms with Crippen LogP contribution in [-0.2, 0) is 20.7 Å². The molecule has 39 heavy (non-hydrogen) atoms. The van der Waals surface area contributed by atoms with Crippen LogP contribution in [0.15, 0.2) is 91.0 Å². The van der Waals surface area contributed by atoms with Crippen molar-refractivity contribution in [1.29, 1.82) is 0 Å². The van der Waals surface area contributed by atoms with E-state index >= 15 is 0 Å². The average Bonchev–Trinajstić information content (AvgIpc) is 3.43. The Morgan fingerprint density at radius 2 is 1.51 bits per heavy atom. The fraction of sp³-hybridized carbons (Fsp3) is 0.290. The van der Waals surface area contributed by atoms with E-state index in [1.54, 1.807) is 0 Å². The van der Waals surface area contributed by atoms with E-state index in [2.05, 4.69) is 77.7 Å². The van der Waals surface area contributed by atoms with Gasteiger partial charge in [-0.2, -0.15) is 0 Å². The van der Waals surface area contributed by atoms with Crippen LogP contribution >= 0.6 is 0 Å². The van der Waals surface area contributed by atoms with Gasteiger partial charge in [0, 0.05) is 25.2 Å². The highest BCUT2D eigenvalue weighted by Gasteiger charge is 2.25. The van der Waals surface area contributed by atoms with Crippen LogP contribution in [0.1, 0.15) is 35.6 Å². The van der Waals surface area contributed by atoms with Gasteiger partial charge in [0.05, 0.1) is 6.10 Å². The number of hydrogen-bond donors (Lipinski definition) is 2. The van der Waals surface area contributed by atoms with Crippen molar-refractivity contribution in [2.45, 2.75) is 31.5 Å². The first kappa shape index (κ1) is 27.9. The van der Waals surface area contributed by atoms with Crippen LogP contribution in [0.25, 0.3) is 0 Å². The molecule has 0 spiro atoms. The van der Waals surface area contributed by atoms with Crippen LogP contribution in [0.4, 0.5) is 0 Å². The second-order valence-electron chi connectivity index (χ2n) is 9.35. The van der Waals surface area contributed by atoms with Crippen LogP contribution in [0.5, 0.6) is 11.5 Å². The zero-order chi connectivity index (χ0) is 27.5. The fourth-order valence-electron chi connectivity index (χ4n) is 4.65. The van der Waals surface area contributed by atoms with Gasteiger partial charge in [-0.3, -0.25) is 0 Å². The first-order chi connectivity index (χ1) is 19.0. The molecule has 3 aromatic rings. The van der Waals surface area contributed by atoms with E-state index in [-0.39, 0.29) is 12.2 Å². The summed E-state index contributed by atoms with van der Waals surface area (Å²) < 4.78 is 17.7. The number of likely N-dealkylation sites (tertiary alicyclic amines) is 1. The molecule has 0 radical (unpaired) electrons. The molecule has 0 amide bonds. The molecule has 2 aliphatic heterocycles. The minimum atomic E-state index is -1.26. The van der Waals surface area contributed by atoms with E-state index in [0.717, 1.165) is 44.0 Å². The third-order valence-corrected chi connectivity index (χ3v) is 6.52. The molecular weight excluding hydrogens is 498 g/mol. The lowest BCUT2D eigenvalue weighted by Crippen LogP contribution is -2.41. The van der Waals surface area contributed by atoms with Crippen LogP contribution in [-0.4, -0.2) is 59.6 Å². The number of carboxylic acids is 2. The monoisotopic (exact) mass is 531 g/mol. The van der Waals surface area contributed by atoms with Gasteiger partial charge in [-0.05, 0) is 54.6 Å². The van der Waals surface area contributed by atoms with Crippen molar-refractivity contribution in [3.05, 3.63) is 108 Å². The van der Waals surface area contributed by atoms with E-state index in [4.69, 9.17) is 24.4 Å². The number of aliphatic carboxylic acids is 2. The van der Waals surface area contributed by atoms with Gasteiger partial charge in [-0.1, -0.05) is 66.7 Å². The van der Waals surface area contributed by atoms with Crippen LogP contribution in [0, 0.1) is 0 Å². The lowest BCUT2D eigenvalue weighted by molar-refractivity contribution is -0.134. The van der Waals surface area contributed by atoms with Crippen molar-refractivity contribution in [3.8, 4) is 11.5 Å². The van der Waals surface area contributed by atoms with Crippen molar-refractivity contribution in [2.75, 3.05) is 26.4 Å². The van der Waals surface area contributed by atoms with Crippen LogP contribution in [0.2, 0.25) is 0 Å². The number of hydrogen-bond acceptors (Lipinski definition) is 6. The van der Waals surface area contributed by atoms with Gasteiger partial charge in [0.15, 0.2) is 11.5 Å².